The van der Waals surface area contributed by atoms with Gasteiger partial charge in [0.1, 0.15) is 5.76 Å². The summed E-state index contributed by atoms with van der Waals surface area (Å²) in [6.45, 7) is 3.22. The molecule has 1 amide bonds. The van der Waals surface area contributed by atoms with Crippen molar-refractivity contribution in [1.82, 2.24) is 4.90 Å². The van der Waals surface area contributed by atoms with Crippen LogP contribution < -0.4 is 0 Å². The second-order valence-corrected chi connectivity index (χ2v) is 4.14. The van der Waals surface area contributed by atoms with Gasteiger partial charge in [0.15, 0.2) is 5.76 Å². The van der Waals surface area contributed by atoms with Crippen LogP contribution in [0, 0.1) is 0 Å². The summed E-state index contributed by atoms with van der Waals surface area (Å²) < 4.78 is 5.42. The van der Waals surface area contributed by atoms with Gasteiger partial charge in [-0.05, 0) is 25.0 Å². The van der Waals surface area contributed by atoms with Gasteiger partial charge in [-0.3, -0.25) is 4.79 Å². The van der Waals surface area contributed by atoms with Crippen LogP contribution in [-0.4, -0.2) is 35.1 Å². The minimum absolute atomic E-state index is 0.0633. The molecule has 88 valence electrons. The minimum Gasteiger partial charge on any atom is -0.456 e. The molecule has 1 aliphatic rings. The van der Waals surface area contributed by atoms with Crippen molar-refractivity contribution >= 4 is 5.91 Å². The summed E-state index contributed by atoms with van der Waals surface area (Å²) in [6.07, 6.45) is 1.86. The fraction of sp³-hybridized carbons (Fsp3) is 0.583. The second kappa shape index (κ2) is 4.70. The highest BCUT2D eigenvalue weighted by Gasteiger charge is 2.24. The molecule has 1 N–H and O–H groups in total. The Labute approximate surface area is 94.9 Å². The predicted molar refractivity (Wildman–Crippen MR) is 59.2 cm³/mol. The lowest BCUT2D eigenvalue weighted by atomic mass is 10.1. The Bertz CT molecular complexity index is 364. The van der Waals surface area contributed by atoms with Crippen molar-refractivity contribution in [1.29, 1.82) is 0 Å². The molecule has 0 saturated carbocycles. The SMILES string of the molecule is CCc1ccc(C(=O)N2CCC(O)CC2)o1. The molecule has 0 aliphatic carbocycles. The van der Waals surface area contributed by atoms with E-state index in [0.29, 0.717) is 31.7 Å². The molecule has 16 heavy (non-hydrogen) atoms. The van der Waals surface area contributed by atoms with E-state index < -0.39 is 0 Å². The first-order valence-corrected chi connectivity index (χ1v) is 5.76. The highest BCUT2D eigenvalue weighted by atomic mass is 16.4. The number of rotatable bonds is 2. The lowest BCUT2D eigenvalue weighted by Gasteiger charge is -2.28. The molecule has 0 radical (unpaired) electrons. The maximum absolute atomic E-state index is 12.0. The van der Waals surface area contributed by atoms with Crippen molar-refractivity contribution in [2.75, 3.05) is 13.1 Å². The first-order chi connectivity index (χ1) is 7.70. The van der Waals surface area contributed by atoms with E-state index in [9.17, 15) is 9.90 Å². The summed E-state index contributed by atoms with van der Waals surface area (Å²) in [5.74, 6) is 1.18. The zero-order valence-electron chi connectivity index (χ0n) is 9.48. The van der Waals surface area contributed by atoms with Gasteiger partial charge in [0.05, 0.1) is 6.10 Å². The van der Waals surface area contributed by atoms with Crippen molar-refractivity contribution in [2.45, 2.75) is 32.3 Å². The predicted octanol–water partition coefficient (Wildman–Crippen LogP) is 1.44. The van der Waals surface area contributed by atoms with Gasteiger partial charge in [0, 0.05) is 19.5 Å². The molecule has 0 atom stereocenters. The second-order valence-electron chi connectivity index (χ2n) is 4.14. The van der Waals surface area contributed by atoms with Crippen LogP contribution in [0.15, 0.2) is 16.5 Å². The smallest absolute Gasteiger partial charge is 0.289 e. The molecule has 2 rings (SSSR count). The molecular weight excluding hydrogens is 206 g/mol. The van der Waals surface area contributed by atoms with Crippen molar-refractivity contribution in [3.63, 3.8) is 0 Å². The first-order valence-electron chi connectivity index (χ1n) is 5.76. The molecule has 0 bridgehead atoms. The van der Waals surface area contributed by atoms with Crippen LogP contribution in [0.5, 0.6) is 0 Å². The van der Waals surface area contributed by atoms with Gasteiger partial charge in [-0.25, -0.2) is 0 Å². The van der Waals surface area contributed by atoms with Crippen LogP contribution >= 0.6 is 0 Å². The Hall–Kier alpha value is -1.29. The summed E-state index contributed by atoms with van der Waals surface area (Å²) in [7, 11) is 0. The number of nitrogens with zero attached hydrogens (tertiary/aromatic N) is 1. The van der Waals surface area contributed by atoms with Crippen LogP contribution in [0.3, 0.4) is 0 Å². The van der Waals surface area contributed by atoms with Gasteiger partial charge in [-0.2, -0.15) is 0 Å². The van der Waals surface area contributed by atoms with Crippen molar-refractivity contribution in [2.24, 2.45) is 0 Å². The molecule has 1 saturated heterocycles. The van der Waals surface area contributed by atoms with Gasteiger partial charge in [-0.15, -0.1) is 0 Å². The maximum atomic E-state index is 12.0. The van der Waals surface area contributed by atoms with E-state index >= 15 is 0 Å². The molecule has 4 heteroatoms. The minimum atomic E-state index is -0.258. The number of amides is 1. The molecule has 0 aromatic carbocycles. The van der Waals surface area contributed by atoms with Crippen LogP contribution in [0.2, 0.25) is 0 Å². The van der Waals surface area contributed by atoms with Gasteiger partial charge < -0.3 is 14.4 Å². The number of hydrogen-bond acceptors (Lipinski definition) is 3. The maximum Gasteiger partial charge on any atom is 0.289 e. The Balaban J connectivity index is 2.01. The number of piperidine rings is 1. The molecule has 1 fully saturated rings. The van der Waals surface area contributed by atoms with Crippen LogP contribution in [0.4, 0.5) is 0 Å². The largest absolute Gasteiger partial charge is 0.456 e. The molecule has 2 heterocycles. The number of aliphatic hydroxyl groups excluding tert-OH is 1. The molecule has 1 aromatic rings. The van der Waals surface area contributed by atoms with Crippen molar-refractivity contribution in [3.8, 4) is 0 Å². The van der Waals surface area contributed by atoms with Crippen LogP contribution in [0.25, 0.3) is 0 Å². The van der Waals surface area contributed by atoms with Gasteiger partial charge in [0.25, 0.3) is 5.91 Å². The Morgan fingerprint density at radius 1 is 1.50 bits per heavy atom. The lowest BCUT2D eigenvalue weighted by molar-refractivity contribution is 0.0518. The van der Waals surface area contributed by atoms with E-state index in [4.69, 9.17) is 4.42 Å². The number of carbonyl (C=O) groups excluding carboxylic acids is 1. The normalized spacial score (nSPS) is 17.8. The number of hydrogen-bond donors (Lipinski definition) is 1. The molecule has 0 spiro atoms. The van der Waals surface area contributed by atoms with Gasteiger partial charge >= 0.3 is 0 Å². The third kappa shape index (κ3) is 2.27. The topological polar surface area (TPSA) is 53.7 Å². The van der Waals surface area contributed by atoms with Crippen LogP contribution in [-0.2, 0) is 6.42 Å². The number of aryl methyl sites for hydroxylation is 1. The summed E-state index contributed by atoms with van der Waals surface area (Å²) in [4.78, 5) is 13.7. The number of aliphatic hydroxyl groups is 1. The van der Waals surface area contributed by atoms with E-state index in [1.54, 1.807) is 11.0 Å². The first kappa shape index (κ1) is 11.2. The summed E-state index contributed by atoms with van der Waals surface area (Å²) in [6, 6.07) is 3.57. The van der Waals surface area contributed by atoms with Crippen molar-refractivity contribution in [3.05, 3.63) is 23.7 Å². The molecule has 4 nitrogen and oxygen atoms in total. The van der Waals surface area contributed by atoms with Gasteiger partial charge in [0.2, 0.25) is 0 Å². The molecule has 0 unspecified atom stereocenters. The van der Waals surface area contributed by atoms with Crippen LogP contribution in [0.1, 0.15) is 36.1 Å². The average molecular weight is 223 g/mol. The summed E-state index contributed by atoms with van der Waals surface area (Å²) >= 11 is 0. The standard InChI is InChI=1S/C12H17NO3/c1-2-10-3-4-11(16-10)12(15)13-7-5-9(14)6-8-13/h3-4,9,14H,2,5-8H2,1H3. The van der Waals surface area contributed by atoms with E-state index in [1.807, 2.05) is 13.0 Å². The Kier molecular flexibility index (Phi) is 3.29. The van der Waals surface area contributed by atoms with Gasteiger partial charge in [-0.1, -0.05) is 6.92 Å². The number of furan rings is 1. The highest BCUT2D eigenvalue weighted by Crippen LogP contribution is 2.15. The number of likely N-dealkylation sites (tertiary alicyclic amines) is 1. The fourth-order valence-electron chi connectivity index (χ4n) is 1.91. The van der Waals surface area contributed by atoms with E-state index in [2.05, 4.69) is 0 Å². The van der Waals surface area contributed by atoms with E-state index in [1.165, 1.54) is 0 Å². The quantitative estimate of drug-likeness (QED) is 0.825. The number of carbonyl (C=O) groups is 1. The highest BCUT2D eigenvalue weighted by molar-refractivity contribution is 5.91. The zero-order valence-corrected chi connectivity index (χ0v) is 9.48. The molecule has 1 aliphatic heterocycles. The monoisotopic (exact) mass is 223 g/mol. The third-order valence-corrected chi connectivity index (χ3v) is 2.97. The summed E-state index contributed by atoms with van der Waals surface area (Å²) in [5, 5.41) is 9.36. The molecule has 1 aromatic heterocycles. The average Bonchev–Trinajstić information content (AvgIpc) is 2.77. The summed E-state index contributed by atoms with van der Waals surface area (Å²) in [5.41, 5.74) is 0. The zero-order chi connectivity index (χ0) is 11.5. The van der Waals surface area contributed by atoms with E-state index in [-0.39, 0.29) is 12.0 Å². The fourth-order valence-corrected chi connectivity index (χ4v) is 1.91. The molecular formula is C12H17NO3. The Morgan fingerprint density at radius 3 is 2.75 bits per heavy atom. The lowest BCUT2D eigenvalue weighted by Crippen LogP contribution is -2.39. The Morgan fingerprint density at radius 2 is 2.19 bits per heavy atom. The van der Waals surface area contributed by atoms with E-state index in [0.717, 1.165) is 12.2 Å². The third-order valence-electron chi connectivity index (χ3n) is 2.97. The van der Waals surface area contributed by atoms with Crippen molar-refractivity contribution < 1.29 is 14.3 Å².